The molecule has 1 heterocycles. The van der Waals surface area contributed by atoms with E-state index in [0.29, 0.717) is 41.8 Å². The Kier molecular flexibility index (Phi) is 15.3. The third-order valence-electron chi connectivity index (χ3n) is 7.81. The van der Waals surface area contributed by atoms with Gasteiger partial charge in [-0.25, -0.2) is 0 Å². The highest BCUT2D eigenvalue weighted by Crippen LogP contribution is 2.30. The van der Waals surface area contributed by atoms with Crippen molar-refractivity contribution in [2.24, 2.45) is 0 Å². The lowest BCUT2D eigenvalue weighted by Crippen LogP contribution is -2.52. The first-order valence-corrected chi connectivity index (χ1v) is 15.9. The second-order valence-corrected chi connectivity index (χ2v) is 11.9. The zero-order valence-corrected chi connectivity index (χ0v) is 27.6. The van der Waals surface area contributed by atoms with E-state index in [9.17, 15) is 48.9 Å². The van der Waals surface area contributed by atoms with Gasteiger partial charge in [-0.05, 0) is 36.6 Å². The standard InChI is InChI=1S/C33H41N5O13/c39-27-7-3-6-26(34-27)33(50)35-25-5-2-1-4-24(25)21-8-10-23(11-9-21)51-20-22(38(18-31(46)47)19-32(48)49)14-36(15-28(40)41)12-13-37(16-29(42)43)17-30(44)45/h1-2,4-5,8-11,22,26H,3,6-7,12-20H2,(H,34,39)(H,35,50)(H,40,41)(H,42,43)(H,44,45)(H,46,47)(H,48,49). The smallest absolute Gasteiger partial charge is 0.317 e. The summed E-state index contributed by atoms with van der Waals surface area (Å²) in [4.78, 5) is 85.7. The van der Waals surface area contributed by atoms with Gasteiger partial charge in [0.05, 0.1) is 38.8 Å². The van der Waals surface area contributed by atoms with Crippen LogP contribution in [0.2, 0.25) is 0 Å². The summed E-state index contributed by atoms with van der Waals surface area (Å²) in [6.07, 6.45) is 1.49. The van der Waals surface area contributed by atoms with E-state index in [2.05, 4.69) is 10.6 Å². The lowest BCUT2D eigenvalue weighted by molar-refractivity contribution is -0.145. The van der Waals surface area contributed by atoms with E-state index in [-0.39, 0.29) is 38.1 Å². The van der Waals surface area contributed by atoms with Crippen LogP contribution in [0, 0.1) is 0 Å². The number of para-hydroxylation sites is 1. The van der Waals surface area contributed by atoms with Crippen molar-refractivity contribution in [3.8, 4) is 16.9 Å². The monoisotopic (exact) mass is 715 g/mol. The number of hydrogen-bond donors (Lipinski definition) is 7. The molecule has 18 nitrogen and oxygen atoms in total. The molecule has 2 unspecified atom stereocenters. The topological polar surface area (TPSA) is 264 Å². The Balaban J connectivity index is 1.79. The highest BCUT2D eigenvalue weighted by Gasteiger charge is 2.28. The Labute approximate surface area is 292 Å². The van der Waals surface area contributed by atoms with Crippen molar-refractivity contribution in [3.05, 3.63) is 48.5 Å². The molecular formula is C33H41N5O13. The first-order valence-electron chi connectivity index (χ1n) is 15.9. The maximum atomic E-state index is 12.9. The molecule has 1 aliphatic rings. The lowest BCUT2D eigenvalue weighted by atomic mass is 10.0. The molecular weight excluding hydrogens is 674 g/mol. The van der Waals surface area contributed by atoms with Crippen LogP contribution < -0.4 is 15.4 Å². The number of anilines is 1. The Bertz CT molecular complexity index is 1540. The molecule has 2 amide bonds. The normalized spacial score (nSPS) is 14.9. The van der Waals surface area contributed by atoms with Gasteiger partial charge in [0.25, 0.3) is 0 Å². The van der Waals surface area contributed by atoms with Gasteiger partial charge in [-0.2, -0.15) is 0 Å². The van der Waals surface area contributed by atoms with Crippen molar-refractivity contribution in [1.29, 1.82) is 0 Å². The first kappa shape index (κ1) is 39.8. The Morgan fingerprint density at radius 3 is 1.88 bits per heavy atom. The molecule has 2 atom stereocenters. The van der Waals surface area contributed by atoms with Crippen molar-refractivity contribution in [3.63, 3.8) is 0 Å². The van der Waals surface area contributed by atoms with E-state index in [1.54, 1.807) is 48.5 Å². The number of hydrogen-bond acceptors (Lipinski definition) is 11. The fraction of sp³-hybridized carbons (Fsp3) is 0.424. The second kappa shape index (κ2) is 19.6. The van der Waals surface area contributed by atoms with Crippen LogP contribution in [-0.4, -0.2) is 153 Å². The summed E-state index contributed by atoms with van der Waals surface area (Å²) in [5.74, 6) is -6.79. The second-order valence-electron chi connectivity index (χ2n) is 11.9. The molecule has 3 rings (SSSR count). The molecule has 0 saturated carbocycles. The zero-order valence-electron chi connectivity index (χ0n) is 27.6. The molecule has 1 fully saturated rings. The zero-order chi connectivity index (χ0) is 37.5. The summed E-state index contributed by atoms with van der Waals surface area (Å²) in [7, 11) is 0. The van der Waals surface area contributed by atoms with Gasteiger partial charge in [0.2, 0.25) is 11.8 Å². The van der Waals surface area contributed by atoms with Gasteiger partial charge in [-0.15, -0.1) is 0 Å². The van der Waals surface area contributed by atoms with E-state index in [1.807, 2.05) is 0 Å². The Morgan fingerprint density at radius 1 is 0.765 bits per heavy atom. The van der Waals surface area contributed by atoms with Crippen molar-refractivity contribution in [2.45, 2.75) is 31.3 Å². The number of rotatable bonds is 22. The SMILES string of the molecule is O=C(O)CN(CCN(CC(=O)O)CC(COc1ccc(-c2ccccc2NC(=O)C2CCCC(=O)N2)cc1)N(CC(=O)O)CC(=O)O)CC(=O)O. The lowest BCUT2D eigenvalue weighted by Gasteiger charge is -2.34. The van der Waals surface area contributed by atoms with Gasteiger partial charge in [-0.1, -0.05) is 30.3 Å². The molecule has 276 valence electrons. The van der Waals surface area contributed by atoms with Crippen LogP contribution in [0.5, 0.6) is 5.75 Å². The largest absolute Gasteiger partial charge is 0.492 e. The molecule has 2 aromatic rings. The maximum absolute atomic E-state index is 12.9. The average molecular weight is 716 g/mol. The van der Waals surface area contributed by atoms with Gasteiger partial charge in [0.15, 0.2) is 0 Å². The van der Waals surface area contributed by atoms with Crippen LogP contribution in [0.1, 0.15) is 19.3 Å². The minimum Gasteiger partial charge on any atom is -0.492 e. The predicted octanol–water partition coefficient (Wildman–Crippen LogP) is 0.0372. The van der Waals surface area contributed by atoms with Gasteiger partial charge in [0.1, 0.15) is 18.4 Å². The van der Waals surface area contributed by atoms with Crippen molar-refractivity contribution in [1.82, 2.24) is 20.0 Å². The van der Waals surface area contributed by atoms with Crippen LogP contribution in [0.15, 0.2) is 48.5 Å². The minimum absolute atomic E-state index is 0.144. The number of aliphatic carboxylic acids is 5. The highest BCUT2D eigenvalue weighted by atomic mass is 16.5. The summed E-state index contributed by atoms with van der Waals surface area (Å²) in [5.41, 5.74) is 1.88. The number of carbonyl (C=O) groups is 7. The number of ether oxygens (including phenoxy) is 1. The summed E-state index contributed by atoms with van der Waals surface area (Å²) in [5, 5.41) is 52.4. The van der Waals surface area contributed by atoms with E-state index < -0.39 is 74.7 Å². The molecule has 0 aliphatic carbocycles. The fourth-order valence-corrected chi connectivity index (χ4v) is 5.53. The third kappa shape index (κ3) is 14.0. The van der Waals surface area contributed by atoms with Crippen molar-refractivity contribution in [2.75, 3.05) is 64.3 Å². The summed E-state index contributed by atoms with van der Waals surface area (Å²) in [6.45, 7) is -4.14. The van der Waals surface area contributed by atoms with Gasteiger partial charge in [-0.3, -0.25) is 48.3 Å². The molecule has 1 aliphatic heterocycles. The number of carboxylic acid groups (broad SMARTS) is 5. The molecule has 18 heteroatoms. The summed E-state index contributed by atoms with van der Waals surface area (Å²) < 4.78 is 5.95. The number of nitrogens with one attached hydrogen (secondary N) is 2. The molecule has 1 saturated heterocycles. The Morgan fingerprint density at radius 2 is 1.31 bits per heavy atom. The minimum atomic E-state index is -1.35. The predicted molar refractivity (Wildman–Crippen MR) is 178 cm³/mol. The van der Waals surface area contributed by atoms with E-state index in [1.165, 1.54) is 4.90 Å². The van der Waals surface area contributed by atoms with Gasteiger partial charge >= 0.3 is 29.8 Å². The van der Waals surface area contributed by atoms with E-state index in [4.69, 9.17) is 14.9 Å². The average Bonchev–Trinajstić information content (AvgIpc) is 3.04. The molecule has 0 aromatic heterocycles. The summed E-state index contributed by atoms with van der Waals surface area (Å²) >= 11 is 0. The Hall–Kier alpha value is -5.59. The van der Waals surface area contributed by atoms with Crippen LogP contribution in [-0.2, 0) is 33.6 Å². The molecule has 0 spiro atoms. The molecule has 7 N–H and O–H groups in total. The van der Waals surface area contributed by atoms with Crippen LogP contribution in [0.4, 0.5) is 5.69 Å². The van der Waals surface area contributed by atoms with E-state index >= 15 is 0 Å². The quantitative estimate of drug-likeness (QED) is 0.0848. The van der Waals surface area contributed by atoms with Crippen LogP contribution in [0.3, 0.4) is 0 Å². The highest BCUT2D eigenvalue weighted by molar-refractivity contribution is 6.00. The number of piperidine rings is 1. The number of carbonyl (C=O) groups excluding carboxylic acids is 2. The van der Waals surface area contributed by atoms with Gasteiger partial charge < -0.3 is 40.9 Å². The molecule has 51 heavy (non-hydrogen) atoms. The fourth-order valence-electron chi connectivity index (χ4n) is 5.53. The molecule has 0 bridgehead atoms. The van der Waals surface area contributed by atoms with Crippen molar-refractivity contribution < 1.29 is 63.8 Å². The number of nitrogens with zero attached hydrogens (tertiary/aromatic N) is 3. The van der Waals surface area contributed by atoms with E-state index in [0.717, 1.165) is 9.80 Å². The molecule has 0 radical (unpaired) electrons. The third-order valence-corrected chi connectivity index (χ3v) is 7.81. The number of amides is 2. The van der Waals surface area contributed by atoms with Crippen LogP contribution >= 0.6 is 0 Å². The summed E-state index contributed by atoms with van der Waals surface area (Å²) in [6, 6.07) is 12.0. The number of benzene rings is 2. The van der Waals surface area contributed by atoms with Gasteiger partial charge in [0, 0.05) is 37.3 Å². The number of carboxylic acids is 5. The van der Waals surface area contributed by atoms with Crippen molar-refractivity contribution >= 4 is 47.3 Å². The van der Waals surface area contributed by atoms with Crippen LogP contribution in [0.25, 0.3) is 11.1 Å². The maximum Gasteiger partial charge on any atom is 0.317 e. The first-order chi connectivity index (χ1) is 24.2. The molecule has 2 aromatic carbocycles.